The minimum absolute atomic E-state index is 0.0479. The number of nitrogens with zero attached hydrogens (tertiary/aromatic N) is 4. The molecule has 7 nitrogen and oxygen atoms in total. The molecule has 0 saturated carbocycles. The maximum absolute atomic E-state index is 12.9. The summed E-state index contributed by atoms with van der Waals surface area (Å²) in [7, 11) is 0. The Balaban J connectivity index is 1.52. The molecule has 2 aliphatic heterocycles. The van der Waals surface area contributed by atoms with Gasteiger partial charge in [-0.3, -0.25) is 19.3 Å². The molecular weight excluding hydrogens is 415 g/mol. The summed E-state index contributed by atoms with van der Waals surface area (Å²) < 4.78 is 0. The standard InChI is InChI=1S/C20H26Cl2N4O3/c1-14(19(28)25-11-7-24(8-12-25)15(2)27)23-5-9-26(10-6-23)20(29)17-4-3-16(21)13-18(17)22/h3-4,13-14H,5-12H2,1-2H3. The largest absolute Gasteiger partial charge is 0.339 e. The molecule has 158 valence electrons. The third kappa shape index (κ3) is 5.02. The Hall–Kier alpha value is -1.83. The predicted molar refractivity (Wildman–Crippen MR) is 112 cm³/mol. The fourth-order valence-corrected chi connectivity index (χ4v) is 4.30. The summed E-state index contributed by atoms with van der Waals surface area (Å²) in [5, 5.41) is 0.839. The highest BCUT2D eigenvalue weighted by molar-refractivity contribution is 6.36. The van der Waals surface area contributed by atoms with E-state index in [-0.39, 0.29) is 23.8 Å². The highest BCUT2D eigenvalue weighted by atomic mass is 35.5. The van der Waals surface area contributed by atoms with Crippen molar-refractivity contribution in [1.29, 1.82) is 0 Å². The molecule has 0 aliphatic carbocycles. The van der Waals surface area contributed by atoms with Gasteiger partial charge in [-0.15, -0.1) is 0 Å². The van der Waals surface area contributed by atoms with E-state index in [4.69, 9.17) is 23.2 Å². The van der Waals surface area contributed by atoms with Crippen molar-refractivity contribution >= 4 is 40.9 Å². The molecule has 2 heterocycles. The van der Waals surface area contributed by atoms with Gasteiger partial charge in [0.05, 0.1) is 16.6 Å². The fourth-order valence-electron chi connectivity index (χ4n) is 3.81. The van der Waals surface area contributed by atoms with Gasteiger partial charge in [0.15, 0.2) is 0 Å². The Bertz CT molecular complexity index is 788. The molecule has 0 aromatic heterocycles. The number of benzene rings is 1. The molecule has 1 atom stereocenters. The lowest BCUT2D eigenvalue weighted by Crippen LogP contribution is -2.58. The second-order valence-corrected chi connectivity index (χ2v) is 8.30. The van der Waals surface area contributed by atoms with E-state index >= 15 is 0 Å². The van der Waals surface area contributed by atoms with Crippen LogP contribution >= 0.6 is 23.2 Å². The molecule has 0 spiro atoms. The Morgan fingerprint density at radius 1 is 0.862 bits per heavy atom. The first-order valence-corrected chi connectivity index (χ1v) is 10.6. The lowest BCUT2D eigenvalue weighted by atomic mass is 10.1. The van der Waals surface area contributed by atoms with Gasteiger partial charge in [0.1, 0.15) is 0 Å². The first-order chi connectivity index (χ1) is 13.8. The van der Waals surface area contributed by atoms with E-state index < -0.39 is 0 Å². The molecule has 2 saturated heterocycles. The first-order valence-electron chi connectivity index (χ1n) is 9.80. The molecule has 3 amide bonds. The molecule has 1 unspecified atom stereocenters. The van der Waals surface area contributed by atoms with E-state index in [9.17, 15) is 14.4 Å². The van der Waals surface area contributed by atoms with Gasteiger partial charge in [-0.05, 0) is 25.1 Å². The summed E-state index contributed by atoms with van der Waals surface area (Å²) in [4.78, 5) is 44.5. The maximum Gasteiger partial charge on any atom is 0.255 e. The van der Waals surface area contributed by atoms with Gasteiger partial charge in [0.2, 0.25) is 11.8 Å². The number of carbonyl (C=O) groups is 3. The van der Waals surface area contributed by atoms with Crippen molar-refractivity contribution in [3.05, 3.63) is 33.8 Å². The third-order valence-electron chi connectivity index (χ3n) is 5.70. The van der Waals surface area contributed by atoms with Crippen LogP contribution in [0.1, 0.15) is 24.2 Å². The highest BCUT2D eigenvalue weighted by Gasteiger charge is 2.32. The minimum Gasteiger partial charge on any atom is -0.339 e. The average molecular weight is 441 g/mol. The number of amides is 3. The quantitative estimate of drug-likeness (QED) is 0.718. The van der Waals surface area contributed by atoms with Gasteiger partial charge < -0.3 is 14.7 Å². The molecule has 1 aromatic carbocycles. The lowest BCUT2D eigenvalue weighted by Gasteiger charge is -2.41. The number of carbonyl (C=O) groups excluding carboxylic acids is 3. The molecule has 0 N–H and O–H groups in total. The summed E-state index contributed by atoms with van der Waals surface area (Å²) in [5.74, 6) is 0.00565. The van der Waals surface area contributed by atoms with E-state index in [0.29, 0.717) is 68.0 Å². The predicted octanol–water partition coefficient (Wildman–Crippen LogP) is 1.83. The number of rotatable bonds is 3. The monoisotopic (exact) mass is 440 g/mol. The minimum atomic E-state index is -0.254. The van der Waals surface area contributed by atoms with Crippen LogP contribution in [0.2, 0.25) is 10.0 Å². The van der Waals surface area contributed by atoms with Gasteiger partial charge in [0.25, 0.3) is 5.91 Å². The molecular formula is C20H26Cl2N4O3. The SMILES string of the molecule is CC(=O)N1CCN(C(=O)C(C)N2CCN(C(=O)c3ccc(Cl)cc3Cl)CC2)CC1. The van der Waals surface area contributed by atoms with E-state index in [0.717, 1.165) is 0 Å². The van der Waals surface area contributed by atoms with Gasteiger partial charge in [-0.25, -0.2) is 0 Å². The highest BCUT2D eigenvalue weighted by Crippen LogP contribution is 2.23. The van der Waals surface area contributed by atoms with Crippen molar-refractivity contribution < 1.29 is 14.4 Å². The number of halogens is 2. The van der Waals surface area contributed by atoms with Crippen molar-refractivity contribution in [3.8, 4) is 0 Å². The summed E-state index contributed by atoms with van der Waals surface area (Å²) in [6, 6.07) is 4.62. The van der Waals surface area contributed by atoms with Gasteiger partial charge in [0, 0.05) is 64.3 Å². The third-order valence-corrected chi connectivity index (χ3v) is 6.25. The Labute approximate surface area is 181 Å². The Morgan fingerprint density at radius 2 is 1.41 bits per heavy atom. The molecule has 3 rings (SSSR count). The van der Waals surface area contributed by atoms with Gasteiger partial charge in [-0.2, -0.15) is 0 Å². The molecule has 1 aromatic rings. The van der Waals surface area contributed by atoms with Gasteiger partial charge >= 0.3 is 0 Å². The van der Waals surface area contributed by atoms with Crippen molar-refractivity contribution in [2.45, 2.75) is 19.9 Å². The van der Waals surface area contributed by atoms with E-state index in [1.54, 1.807) is 34.9 Å². The molecule has 0 radical (unpaired) electrons. The normalized spacial score (nSPS) is 19.2. The van der Waals surface area contributed by atoms with Crippen LogP contribution in [-0.4, -0.2) is 95.7 Å². The van der Waals surface area contributed by atoms with Crippen LogP contribution in [0.25, 0.3) is 0 Å². The topological polar surface area (TPSA) is 64.2 Å². The second kappa shape index (κ2) is 9.32. The number of hydrogen-bond acceptors (Lipinski definition) is 4. The van der Waals surface area contributed by atoms with Crippen LogP contribution in [-0.2, 0) is 9.59 Å². The molecule has 2 aliphatic rings. The average Bonchev–Trinajstić information content (AvgIpc) is 2.72. The van der Waals surface area contributed by atoms with Crippen LogP contribution in [0.3, 0.4) is 0 Å². The van der Waals surface area contributed by atoms with E-state index in [2.05, 4.69) is 4.90 Å². The summed E-state index contributed by atoms with van der Waals surface area (Å²) in [6.45, 7) is 8.07. The Kier molecular flexibility index (Phi) is 7.03. The summed E-state index contributed by atoms with van der Waals surface area (Å²) in [5.41, 5.74) is 0.442. The fraction of sp³-hybridized carbons (Fsp3) is 0.550. The van der Waals surface area contributed by atoms with Crippen LogP contribution in [0.5, 0.6) is 0 Å². The van der Waals surface area contributed by atoms with Crippen LogP contribution in [0.4, 0.5) is 0 Å². The molecule has 0 bridgehead atoms. The smallest absolute Gasteiger partial charge is 0.255 e. The zero-order valence-electron chi connectivity index (χ0n) is 16.7. The van der Waals surface area contributed by atoms with E-state index in [1.807, 2.05) is 11.8 Å². The van der Waals surface area contributed by atoms with E-state index in [1.165, 1.54) is 0 Å². The van der Waals surface area contributed by atoms with Crippen LogP contribution in [0.15, 0.2) is 18.2 Å². The number of hydrogen-bond donors (Lipinski definition) is 0. The Morgan fingerprint density at radius 3 is 1.97 bits per heavy atom. The van der Waals surface area contributed by atoms with Gasteiger partial charge in [-0.1, -0.05) is 23.2 Å². The maximum atomic E-state index is 12.9. The summed E-state index contributed by atoms with van der Waals surface area (Å²) >= 11 is 12.1. The molecule has 9 heteroatoms. The van der Waals surface area contributed by atoms with Crippen molar-refractivity contribution in [1.82, 2.24) is 19.6 Å². The van der Waals surface area contributed by atoms with Crippen LogP contribution < -0.4 is 0 Å². The van der Waals surface area contributed by atoms with Crippen molar-refractivity contribution in [3.63, 3.8) is 0 Å². The number of piperazine rings is 2. The van der Waals surface area contributed by atoms with Crippen molar-refractivity contribution in [2.75, 3.05) is 52.4 Å². The molecule has 2 fully saturated rings. The second-order valence-electron chi connectivity index (χ2n) is 7.46. The van der Waals surface area contributed by atoms with Crippen LogP contribution in [0, 0.1) is 0 Å². The lowest BCUT2D eigenvalue weighted by molar-refractivity contribution is -0.142. The van der Waals surface area contributed by atoms with Crippen molar-refractivity contribution in [2.24, 2.45) is 0 Å². The first kappa shape index (κ1) is 21.9. The molecule has 29 heavy (non-hydrogen) atoms. The zero-order chi connectivity index (χ0) is 21.1. The summed E-state index contributed by atoms with van der Waals surface area (Å²) in [6.07, 6.45) is 0. The zero-order valence-corrected chi connectivity index (χ0v) is 18.2.